The number of hydrogen-bond acceptors (Lipinski definition) is 3. The van der Waals surface area contributed by atoms with Gasteiger partial charge in [0.05, 0.1) is 12.2 Å². The molecule has 0 aliphatic heterocycles. The van der Waals surface area contributed by atoms with E-state index in [1.54, 1.807) is 11.8 Å². The highest BCUT2D eigenvalue weighted by Crippen LogP contribution is 2.50. The van der Waals surface area contributed by atoms with E-state index in [4.69, 9.17) is 5.11 Å². The number of carboxylic acids is 1. The Balaban J connectivity index is 2.37. The van der Waals surface area contributed by atoms with Crippen LogP contribution in [0.5, 0.6) is 0 Å². The van der Waals surface area contributed by atoms with Crippen molar-refractivity contribution in [3.8, 4) is 0 Å². The monoisotopic (exact) mass is 315 g/mol. The first-order valence-corrected chi connectivity index (χ1v) is 8.97. The lowest BCUT2D eigenvalue weighted by Crippen LogP contribution is -2.38. The molecule has 0 heterocycles. The largest absolute Gasteiger partial charge is 0.481 e. The second kappa shape index (κ2) is 8.06. The van der Waals surface area contributed by atoms with Gasteiger partial charge in [-0.3, -0.25) is 9.59 Å². The molecule has 0 saturated heterocycles. The molecule has 0 radical (unpaired) electrons. The summed E-state index contributed by atoms with van der Waals surface area (Å²) in [4.78, 5) is 25.1. The molecule has 122 valence electrons. The molecule has 4 nitrogen and oxygen atoms in total. The van der Waals surface area contributed by atoms with E-state index in [1.807, 2.05) is 4.90 Å². The smallest absolute Gasteiger partial charge is 0.303 e. The number of carbonyl (C=O) groups is 2. The average Bonchev–Trinajstić information content (AvgIpc) is 3.05. The average molecular weight is 315 g/mol. The van der Waals surface area contributed by atoms with Gasteiger partial charge in [0.15, 0.2) is 0 Å². The number of hydrogen-bond donors (Lipinski definition) is 1. The third kappa shape index (κ3) is 7.21. The molecule has 0 aromatic carbocycles. The summed E-state index contributed by atoms with van der Waals surface area (Å²) >= 11 is 1.60. The Kier molecular flexibility index (Phi) is 7.04. The topological polar surface area (TPSA) is 57.6 Å². The fourth-order valence-electron chi connectivity index (χ4n) is 2.48. The molecule has 1 N–H and O–H groups in total. The fourth-order valence-corrected chi connectivity index (χ4v) is 3.76. The number of carboxylic acid groups (broad SMARTS) is 1. The Morgan fingerprint density at radius 2 is 1.67 bits per heavy atom. The predicted molar refractivity (Wildman–Crippen MR) is 87.5 cm³/mol. The van der Waals surface area contributed by atoms with Gasteiger partial charge in [0, 0.05) is 13.1 Å². The molecule has 1 aliphatic rings. The molecule has 0 atom stereocenters. The quantitative estimate of drug-likeness (QED) is 0.673. The molecule has 1 saturated carbocycles. The Labute approximate surface area is 132 Å². The normalized spacial score (nSPS) is 16.3. The molecule has 1 amide bonds. The highest BCUT2D eigenvalue weighted by Gasteiger charge is 2.44. The van der Waals surface area contributed by atoms with Crippen molar-refractivity contribution in [1.29, 1.82) is 0 Å². The SMILES string of the molecule is CC(C)CN(CC(C)C)C(=O)CSCC1(CC(=O)O)CC1. The van der Waals surface area contributed by atoms with E-state index in [-0.39, 0.29) is 17.7 Å². The minimum absolute atomic E-state index is 0.0301. The number of amides is 1. The van der Waals surface area contributed by atoms with Crippen LogP contribution in [0.3, 0.4) is 0 Å². The molecule has 0 unspecified atom stereocenters. The number of nitrogens with zero attached hydrogens (tertiary/aromatic N) is 1. The standard InChI is InChI=1S/C16H29NO3S/c1-12(2)8-17(9-13(3)4)14(18)10-21-11-16(5-6-16)7-15(19)20/h12-13H,5-11H2,1-4H3,(H,19,20). The van der Waals surface area contributed by atoms with Gasteiger partial charge in [0.2, 0.25) is 5.91 Å². The van der Waals surface area contributed by atoms with Gasteiger partial charge < -0.3 is 10.0 Å². The molecule has 0 bridgehead atoms. The summed E-state index contributed by atoms with van der Waals surface area (Å²) in [5.74, 6) is 1.68. The van der Waals surface area contributed by atoms with E-state index in [0.29, 0.717) is 17.6 Å². The Bertz CT molecular complexity index is 355. The van der Waals surface area contributed by atoms with Gasteiger partial charge in [-0.15, -0.1) is 0 Å². The van der Waals surface area contributed by atoms with Gasteiger partial charge in [-0.05, 0) is 35.8 Å². The van der Waals surface area contributed by atoms with Crippen LogP contribution in [0.2, 0.25) is 0 Å². The molecule has 5 heteroatoms. The maximum Gasteiger partial charge on any atom is 0.303 e. The van der Waals surface area contributed by atoms with E-state index in [9.17, 15) is 9.59 Å². The van der Waals surface area contributed by atoms with E-state index < -0.39 is 5.97 Å². The van der Waals surface area contributed by atoms with Crippen LogP contribution in [0.25, 0.3) is 0 Å². The van der Waals surface area contributed by atoms with Crippen LogP contribution in [0.1, 0.15) is 47.0 Å². The molecule has 1 aliphatic carbocycles. The Morgan fingerprint density at radius 1 is 1.14 bits per heavy atom. The van der Waals surface area contributed by atoms with Gasteiger partial charge in [0.1, 0.15) is 0 Å². The lowest BCUT2D eigenvalue weighted by atomic mass is 10.1. The third-order valence-corrected chi connectivity index (χ3v) is 4.91. The van der Waals surface area contributed by atoms with Crippen molar-refractivity contribution < 1.29 is 14.7 Å². The van der Waals surface area contributed by atoms with Gasteiger partial charge in [-0.1, -0.05) is 27.7 Å². The number of rotatable bonds is 10. The summed E-state index contributed by atoms with van der Waals surface area (Å²) in [6.45, 7) is 10.1. The minimum atomic E-state index is -0.722. The zero-order chi connectivity index (χ0) is 16.0. The lowest BCUT2D eigenvalue weighted by molar-refractivity contribution is -0.138. The maximum absolute atomic E-state index is 12.3. The predicted octanol–water partition coefficient (Wildman–Crippen LogP) is 3.12. The lowest BCUT2D eigenvalue weighted by Gasteiger charge is -2.26. The molecule has 0 aromatic rings. The van der Waals surface area contributed by atoms with Crippen molar-refractivity contribution >= 4 is 23.6 Å². The number of thioether (sulfide) groups is 1. The summed E-state index contributed by atoms with van der Waals surface area (Å²) in [5, 5.41) is 8.90. The van der Waals surface area contributed by atoms with Gasteiger partial charge in [0.25, 0.3) is 0 Å². The highest BCUT2D eigenvalue weighted by atomic mass is 32.2. The molecule has 21 heavy (non-hydrogen) atoms. The molecular formula is C16H29NO3S. The van der Waals surface area contributed by atoms with E-state index in [0.717, 1.165) is 31.7 Å². The fraction of sp³-hybridized carbons (Fsp3) is 0.875. The molecule has 0 spiro atoms. The molecule has 0 aromatic heterocycles. The van der Waals surface area contributed by atoms with Crippen LogP contribution < -0.4 is 0 Å². The second-order valence-corrected chi connectivity index (χ2v) is 8.14. The molecule has 1 fully saturated rings. The first-order valence-electron chi connectivity index (χ1n) is 7.81. The first kappa shape index (κ1) is 18.3. The van der Waals surface area contributed by atoms with E-state index in [1.165, 1.54) is 0 Å². The minimum Gasteiger partial charge on any atom is -0.481 e. The summed E-state index contributed by atoms with van der Waals surface area (Å²) in [6.07, 6.45) is 2.22. The van der Waals surface area contributed by atoms with E-state index in [2.05, 4.69) is 27.7 Å². The van der Waals surface area contributed by atoms with Crippen molar-refractivity contribution in [3.63, 3.8) is 0 Å². The van der Waals surface area contributed by atoms with Crippen molar-refractivity contribution in [2.45, 2.75) is 47.0 Å². The second-order valence-electron chi connectivity index (χ2n) is 7.15. The van der Waals surface area contributed by atoms with Gasteiger partial charge >= 0.3 is 5.97 Å². The third-order valence-electron chi connectivity index (χ3n) is 3.64. The maximum atomic E-state index is 12.3. The van der Waals surface area contributed by atoms with E-state index >= 15 is 0 Å². The van der Waals surface area contributed by atoms with Crippen molar-refractivity contribution in [2.75, 3.05) is 24.6 Å². The van der Waals surface area contributed by atoms with Gasteiger partial charge in [-0.25, -0.2) is 0 Å². The number of aliphatic carboxylic acids is 1. The van der Waals surface area contributed by atoms with Crippen molar-refractivity contribution in [3.05, 3.63) is 0 Å². The van der Waals surface area contributed by atoms with Crippen LogP contribution in [0.4, 0.5) is 0 Å². The zero-order valence-corrected chi connectivity index (χ0v) is 14.5. The Hall–Kier alpha value is -0.710. The first-order chi connectivity index (χ1) is 9.74. The van der Waals surface area contributed by atoms with Crippen LogP contribution in [-0.4, -0.2) is 46.5 Å². The van der Waals surface area contributed by atoms with Gasteiger partial charge in [-0.2, -0.15) is 11.8 Å². The summed E-state index contributed by atoms with van der Waals surface area (Å²) in [6, 6.07) is 0. The summed E-state index contributed by atoms with van der Waals surface area (Å²) in [5.41, 5.74) is -0.0301. The van der Waals surface area contributed by atoms with Crippen LogP contribution in [0, 0.1) is 17.3 Å². The van der Waals surface area contributed by atoms with Crippen LogP contribution in [-0.2, 0) is 9.59 Å². The summed E-state index contributed by atoms with van der Waals surface area (Å²) < 4.78 is 0. The number of carbonyl (C=O) groups excluding carboxylic acids is 1. The molecular weight excluding hydrogens is 286 g/mol. The summed E-state index contributed by atoms with van der Waals surface area (Å²) in [7, 11) is 0. The van der Waals surface area contributed by atoms with Crippen LogP contribution >= 0.6 is 11.8 Å². The zero-order valence-electron chi connectivity index (χ0n) is 13.7. The Morgan fingerprint density at radius 3 is 2.05 bits per heavy atom. The van der Waals surface area contributed by atoms with Crippen LogP contribution in [0.15, 0.2) is 0 Å². The molecule has 1 rings (SSSR count). The highest BCUT2D eigenvalue weighted by molar-refractivity contribution is 7.99. The van der Waals surface area contributed by atoms with Crippen molar-refractivity contribution in [1.82, 2.24) is 4.90 Å². The van der Waals surface area contributed by atoms with Crippen molar-refractivity contribution in [2.24, 2.45) is 17.3 Å².